The Morgan fingerprint density at radius 2 is 1.71 bits per heavy atom. The average Bonchev–Trinajstić information content (AvgIpc) is 2.86. The Morgan fingerprint density at radius 3 is 2.41 bits per heavy atom. The van der Waals surface area contributed by atoms with E-state index < -0.39 is 0 Å². The minimum absolute atomic E-state index is 0.0331. The number of carbonyl (C=O) groups is 1. The molecule has 1 saturated heterocycles. The zero-order chi connectivity index (χ0) is 23.7. The monoisotopic (exact) mass is 463 g/mol. The summed E-state index contributed by atoms with van der Waals surface area (Å²) in [6.45, 7) is 3.00. The molecular formula is C27H27F2N3O2. The number of methoxy groups -OCH3 is 1. The zero-order valence-electron chi connectivity index (χ0n) is 19.0. The molecule has 0 aromatic heterocycles. The molecule has 2 atom stereocenters. The first-order chi connectivity index (χ1) is 16.5. The number of fused-ring (bicyclic) bond motifs is 3. The molecule has 0 unspecified atom stereocenters. The smallest absolute Gasteiger partial charge is 0.229 e. The first-order valence-corrected chi connectivity index (χ1v) is 11.5. The number of halogens is 2. The number of carbonyl (C=O) groups excluding carboxylic acids is 1. The van der Waals surface area contributed by atoms with Gasteiger partial charge in [0.25, 0.3) is 0 Å². The molecular weight excluding hydrogens is 436 g/mol. The van der Waals surface area contributed by atoms with E-state index in [1.807, 2.05) is 30.3 Å². The van der Waals surface area contributed by atoms with Crippen molar-refractivity contribution in [2.24, 2.45) is 5.92 Å². The fourth-order valence-electron chi connectivity index (χ4n) is 5.02. The third-order valence-electron chi connectivity index (χ3n) is 6.78. The van der Waals surface area contributed by atoms with Crippen molar-refractivity contribution in [2.45, 2.75) is 19.0 Å². The number of hydrogen-bond acceptors (Lipinski definition) is 4. The van der Waals surface area contributed by atoms with Gasteiger partial charge in [0.05, 0.1) is 19.1 Å². The minimum Gasteiger partial charge on any atom is -0.497 e. The summed E-state index contributed by atoms with van der Waals surface area (Å²) in [4.78, 5) is 18.1. The van der Waals surface area contributed by atoms with E-state index in [2.05, 4.69) is 15.1 Å². The SMILES string of the molecule is COc1ccc2c(c1)N1CCN(Cc3ccc(F)cc3)C[C@H]1[C@H](C(=O)Nc1ccc(F)cc1)C2. The highest BCUT2D eigenvalue weighted by atomic mass is 19.1. The van der Waals surface area contributed by atoms with E-state index in [1.54, 1.807) is 19.2 Å². The molecule has 1 fully saturated rings. The summed E-state index contributed by atoms with van der Waals surface area (Å²) < 4.78 is 32.1. The number of rotatable bonds is 5. The van der Waals surface area contributed by atoms with Gasteiger partial charge in [-0.05, 0) is 60.0 Å². The van der Waals surface area contributed by atoms with Gasteiger partial charge in [-0.1, -0.05) is 18.2 Å². The number of nitrogens with zero attached hydrogens (tertiary/aromatic N) is 2. The van der Waals surface area contributed by atoms with Crippen molar-refractivity contribution in [1.29, 1.82) is 0 Å². The normalized spacial score (nSPS) is 19.8. The van der Waals surface area contributed by atoms with Crippen LogP contribution in [0.2, 0.25) is 0 Å². The molecule has 2 aliphatic heterocycles. The summed E-state index contributed by atoms with van der Waals surface area (Å²) in [6, 6.07) is 18.4. The Bertz CT molecular complexity index is 1170. The van der Waals surface area contributed by atoms with Crippen molar-refractivity contribution < 1.29 is 18.3 Å². The number of amides is 1. The molecule has 0 aliphatic carbocycles. The molecule has 3 aromatic carbocycles. The maximum absolute atomic E-state index is 13.4. The Labute approximate surface area is 197 Å². The summed E-state index contributed by atoms with van der Waals surface area (Å²) >= 11 is 0. The molecule has 0 bridgehead atoms. The van der Waals surface area contributed by atoms with Crippen LogP contribution in [0.5, 0.6) is 5.75 Å². The molecule has 176 valence electrons. The number of ether oxygens (including phenoxy) is 1. The third kappa shape index (κ3) is 4.61. The van der Waals surface area contributed by atoms with Crippen LogP contribution in [0.25, 0.3) is 0 Å². The molecule has 5 nitrogen and oxygen atoms in total. The fraction of sp³-hybridized carbons (Fsp3) is 0.296. The van der Waals surface area contributed by atoms with Gasteiger partial charge in [0.1, 0.15) is 17.4 Å². The molecule has 0 spiro atoms. The second-order valence-corrected chi connectivity index (χ2v) is 8.92. The second kappa shape index (κ2) is 9.43. The van der Waals surface area contributed by atoms with Gasteiger partial charge in [-0.3, -0.25) is 9.69 Å². The van der Waals surface area contributed by atoms with Gasteiger partial charge in [0.2, 0.25) is 5.91 Å². The number of hydrogen-bond donors (Lipinski definition) is 1. The summed E-state index contributed by atoms with van der Waals surface area (Å²) in [5.74, 6) is -0.147. The van der Waals surface area contributed by atoms with Crippen LogP contribution >= 0.6 is 0 Å². The number of piperazine rings is 1. The zero-order valence-corrected chi connectivity index (χ0v) is 19.0. The van der Waals surface area contributed by atoms with E-state index in [9.17, 15) is 13.6 Å². The molecule has 5 rings (SSSR count). The number of anilines is 2. The summed E-state index contributed by atoms with van der Waals surface area (Å²) in [6.07, 6.45) is 0.609. The molecule has 7 heteroatoms. The van der Waals surface area contributed by atoms with Gasteiger partial charge >= 0.3 is 0 Å². The highest BCUT2D eigenvalue weighted by Crippen LogP contribution is 2.38. The number of nitrogens with one attached hydrogen (secondary N) is 1. The molecule has 0 radical (unpaired) electrons. The Kier molecular flexibility index (Phi) is 6.20. The van der Waals surface area contributed by atoms with E-state index in [-0.39, 0.29) is 29.5 Å². The van der Waals surface area contributed by atoms with Crippen LogP contribution in [0.15, 0.2) is 66.7 Å². The van der Waals surface area contributed by atoms with Gasteiger partial charge in [0.15, 0.2) is 0 Å². The maximum atomic E-state index is 13.4. The van der Waals surface area contributed by atoms with Crippen LogP contribution in [0.3, 0.4) is 0 Å². The van der Waals surface area contributed by atoms with Gasteiger partial charge in [0, 0.05) is 43.6 Å². The second-order valence-electron chi connectivity index (χ2n) is 8.92. The van der Waals surface area contributed by atoms with Gasteiger partial charge in [-0.15, -0.1) is 0 Å². The highest BCUT2D eigenvalue weighted by molar-refractivity contribution is 5.94. The lowest BCUT2D eigenvalue weighted by atomic mass is 9.83. The van der Waals surface area contributed by atoms with Gasteiger partial charge in [-0.25, -0.2) is 8.78 Å². The van der Waals surface area contributed by atoms with E-state index in [4.69, 9.17) is 4.74 Å². The van der Waals surface area contributed by atoms with E-state index in [1.165, 1.54) is 24.3 Å². The Balaban J connectivity index is 1.41. The van der Waals surface area contributed by atoms with E-state index >= 15 is 0 Å². The Morgan fingerprint density at radius 1 is 1.00 bits per heavy atom. The molecule has 0 saturated carbocycles. The summed E-state index contributed by atoms with van der Waals surface area (Å²) in [5, 5.41) is 2.98. The predicted octanol–water partition coefficient (Wildman–Crippen LogP) is 4.48. The average molecular weight is 464 g/mol. The highest BCUT2D eigenvalue weighted by Gasteiger charge is 2.41. The molecule has 2 heterocycles. The van der Waals surface area contributed by atoms with Crippen molar-refractivity contribution in [3.63, 3.8) is 0 Å². The third-order valence-corrected chi connectivity index (χ3v) is 6.78. The largest absolute Gasteiger partial charge is 0.497 e. The van der Waals surface area contributed by atoms with E-state index in [0.29, 0.717) is 25.2 Å². The number of benzene rings is 3. The van der Waals surface area contributed by atoms with Gasteiger partial charge < -0.3 is 15.0 Å². The first-order valence-electron chi connectivity index (χ1n) is 11.5. The maximum Gasteiger partial charge on any atom is 0.229 e. The van der Waals surface area contributed by atoms with Crippen LogP contribution in [0.1, 0.15) is 11.1 Å². The quantitative estimate of drug-likeness (QED) is 0.606. The van der Waals surface area contributed by atoms with Crippen molar-refractivity contribution >= 4 is 17.3 Å². The lowest BCUT2D eigenvalue weighted by Gasteiger charge is -2.49. The van der Waals surface area contributed by atoms with Crippen LogP contribution in [0.4, 0.5) is 20.2 Å². The van der Waals surface area contributed by atoms with Crippen molar-refractivity contribution in [1.82, 2.24) is 4.90 Å². The molecule has 2 aliphatic rings. The van der Waals surface area contributed by atoms with Gasteiger partial charge in [-0.2, -0.15) is 0 Å². The van der Waals surface area contributed by atoms with E-state index in [0.717, 1.165) is 35.7 Å². The van der Waals surface area contributed by atoms with Crippen LogP contribution < -0.4 is 15.0 Å². The lowest BCUT2D eigenvalue weighted by Crippen LogP contribution is -2.60. The Hall–Kier alpha value is -3.45. The predicted molar refractivity (Wildman–Crippen MR) is 128 cm³/mol. The van der Waals surface area contributed by atoms with Crippen LogP contribution in [-0.2, 0) is 17.8 Å². The summed E-state index contributed by atoms with van der Waals surface area (Å²) in [5.41, 5.74) is 3.84. The lowest BCUT2D eigenvalue weighted by molar-refractivity contribution is -0.121. The molecule has 3 aromatic rings. The van der Waals surface area contributed by atoms with Crippen LogP contribution in [0, 0.1) is 17.6 Å². The summed E-state index contributed by atoms with van der Waals surface area (Å²) in [7, 11) is 1.65. The first kappa shape index (κ1) is 22.3. The van der Waals surface area contributed by atoms with Crippen LogP contribution in [-0.4, -0.2) is 43.6 Å². The molecule has 1 N–H and O–H groups in total. The van der Waals surface area contributed by atoms with Crippen molar-refractivity contribution in [3.05, 3.63) is 89.5 Å². The van der Waals surface area contributed by atoms with Crippen molar-refractivity contribution in [3.8, 4) is 5.75 Å². The molecule has 1 amide bonds. The minimum atomic E-state index is -0.339. The standard InChI is InChI=1S/C27H27F2N3O2/c1-34-23-11-4-19-14-24(27(33)30-22-9-7-21(29)8-10-22)26-17-31(12-13-32(26)25(19)15-23)16-18-2-5-20(28)6-3-18/h2-11,15,24,26H,12-14,16-17H2,1H3,(H,30,33)/t24-,26+/m1/s1. The fourth-order valence-corrected chi connectivity index (χ4v) is 5.02. The molecule has 34 heavy (non-hydrogen) atoms. The van der Waals surface area contributed by atoms with Crippen molar-refractivity contribution in [2.75, 3.05) is 37.0 Å². The topological polar surface area (TPSA) is 44.8 Å².